The maximum Gasteiger partial charge on any atom is 0.0984 e. The quantitative estimate of drug-likeness (QED) is 0.686. The monoisotopic (exact) mass is 203 g/mol. The molecule has 0 radical (unpaired) electrons. The van der Waals surface area contributed by atoms with Gasteiger partial charge in [-0.15, -0.1) is 0 Å². The van der Waals surface area contributed by atoms with Crippen molar-refractivity contribution in [3.8, 4) is 0 Å². The van der Waals surface area contributed by atoms with Gasteiger partial charge in [0.15, 0.2) is 0 Å². The smallest absolute Gasteiger partial charge is 0.0984 e. The van der Waals surface area contributed by atoms with Crippen LogP contribution in [-0.2, 0) is 4.74 Å². The van der Waals surface area contributed by atoms with Gasteiger partial charge >= 0.3 is 0 Å². The minimum absolute atomic E-state index is 0.492. The lowest BCUT2D eigenvalue weighted by atomic mass is 9.91. The number of hydrogen-bond acceptors (Lipinski definition) is 2. The molecular formula is C13H17NO. The number of nitrogens with zero attached hydrogens (tertiary/aromatic N) is 1. The summed E-state index contributed by atoms with van der Waals surface area (Å²) in [5, 5.41) is 0. The number of anilines is 1. The van der Waals surface area contributed by atoms with E-state index in [1.165, 1.54) is 24.2 Å². The summed E-state index contributed by atoms with van der Waals surface area (Å²) in [6.07, 6.45) is 1.76. The predicted molar refractivity (Wildman–Crippen MR) is 61.4 cm³/mol. The Kier molecular flexibility index (Phi) is 2.17. The van der Waals surface area contributed by atoms with E-state index in [4.69, 9.17) is 4.74 Å². The molecule has 0 bridgehead atoms. The highest BCUT2D eigenvalue weighted by molar-refractivity contribution is 5.57. The van der Waals surface area contributed by atoms with Gasteiger partial charge in [-0.2, -0.15) is 0 Å². The normalized spacial score (nSPS) is 28.7. The van der Waals surface area contributed by atoms with Crippen molar-refractivity contribution >= 4 is 5.69 Å². The molecule has 2 atom stereocenters. The van der Waals surface area contributed by atoms with Gasteiger partial charge in [0.2, 0.25) is 0 Å². The Morgan fingerprint density at radius 3 is 3.00 bits per heavy atom. The maximum absolute atomic E-state index is 5.31. The molecule has 2 unspecified atom stereocenters. The minimum Gasteiger partial charge on any atom is -0.371 e. The topological polar surface area (TPSA) is 15.8 Å². The first-order chi connectivity index (χ1) is 7.34. The SMILES string of the molecule is CC1CCN(CC2CO2)c2ccccc21. The number of hydrogen-bond donors (Lipinski definition) is 0. The summed E-state index contributed by atoms with van der Waals surface area (Å²) < 4.78 is 5.31. The van der Waals surface area contributed by atoms with Crippen LogP contribution in [0.15, 0.2) is 24.3 Å². The highest BCUT2D eigenvalue weighted by atomic mass is 16.6. The second-order valence-corrected chi connectivity index (χ2v) is 4.65. The van der Waals surface area contributed by atoms with Gasteiger partial charge in [0.25, 0.3) is 0 Å². The molecule has 1 fully saturated rings. The van der Waals surface area contributed by atoms with Gasteiger partial charge in [0.1, 0.15) is 0 Å². The summed E-state index contributed by atoms with van der Waals surface area (Å²) in [5.41, 5.74) is 2.93. The van der Waals surface area contributed by atoms with Crippen LogP contribution < -0.4 is 4.90 Å². The fraction of sp³-hybridized carbons (Fsp3) is 0.538. The maximum atomic E-state index is 5.31. The van der Waals surface area contributed by atoms with E-state index in [0.29, 0.717) is 12.0 Å². The van der Waals surface area contributed by atoms with Crippen molar-refractivity contribution in [3.05, 3.63) is 29.8 Å². The molecule has 0 N–H and O–H groups in total. The Labute approximate surface area is 90.8 Å². The first-order valence-corrected chi connectivity index (χ1v) is 5.80. The molecule has 0 aromatic heterocycles. The minimum atomic E-state index is 0.492. The number of epoxide rings is 1. The van der Waals surface area contributed by atoms with Gasteiger partial charge in [0.05, 0.1) is 12.7 Å². The summed E-state index contributed by atoms with van der Waals surface area (Å²) in [5.74, 6) is 0.706. The van der Waals surface area contributed by atoms with E-state index >= 15 is 0 Å². The molecule has 2 heterocycles. The van der Waals surface area contributed by atoms with Crippen LogP contribution >= 0.6 is 0 Å². The molecule has 0 aliphatic carbocycles. The molecule has 1 saturated heterocycles. The largest absolute Gasteiger partial charge is 0.371 e. The van der Waals surface area contributed by atoms with E-state index in [2.05, 4.69) is 36.1 Å². The zero-order valence-electron chi connectivity index (χ0n) is 9.15. The zero-order chi connectivity index (χ0) is 10.3. The van der Waals surface area contributed by atoms with Crippen LogP contribution in [0.1, 0.15) is 24.8 Å². The van der Waals surface area contributed by atoms with Gasteiger partial charge in [-0.25, -0.2) is 0 Å². The third kappa shape index (κ3) is 1.74. The Hall–Kier alpha value is -1.02. The highest BCUT2D eigenvalue weighted by Gasteiger charge is 2.29. The van der Waals surface area contributed by atoms with Crippen LogP contribution in [-0.4, -0.2) is 25.8 Å². The Bertz CT molecular complexity index is 359. The predicted octanol–water partition coefficient (Wildman–Crippen LogP) is 2.40. The molecule has 1 aromatic rings. The van der Waals surface area contributed by atoms with Crippen molar-refractivity contribution in [2.24, 2.45) is 0 Å². The first kappa shape index (κ1) is 9.22. The number of ether oxygens (including phenoxy) is 1. The summed E-state index contributed by atoms with van der Waals surface area (Å²) in [6, 6.07) is 8.79. The van der Waals surface area contributed by atoms with Crippen molar-refractivity contribution in [3.63, 3.8) is 0 Å². The van der Waals surface area contributed by atoms with Crippen molar-refractivity contribution in [1.82, 2.24) is 0 Å². The van der Waals surface area contributed by atoms with Gasteiger partial charge in [-0.1, -0.05) is 25.1 Å². The molecule has 1 aromatic carbocycles. The number of rotatable bonds is 2. The molecule has 2 heteroatoms. The van der Waals surface area contributed by atoms with Crippen LogP contribution in [0.4, 0.5) is 5.69 Å². The third-order valence-corrected chi connectivity index (χ3v) is 3.47. The molecule has 2 nitrogen and oxygen atoms in total. The van der Waals surface area contributed by atoms with Crippen LogP contribution in [0.2, 0.25) is 0 Å². The number of fused-ring (bicyclic) bond motifs is 1. The van der Waals surface area contributed by atoms with E-state index < -0.39 is 0 Å². The molecule has 15 heavy (non-hydrogen) atoms. The average molecular weight is 203 g/mol. The standard InChI is InChI=1S/C13H17NO/c1-10-6-7-14(8-11-9-15-11)13-5-3-2-4-12(10)13/h2-5,10-11H,6-9H2,1H3. The van der Waals surface area contributed by atoms with Gasteiger partial charge in [-0.05, 0) is 24.0 Å². The molecule has 0 amide bonds. The summed E-state index contributed by atoms with van der Waals surface area (Å²) in [4.78, 5) is 2.48. The second-order valence-electron chi connectivity index (χ2n) is 4.65. The molecular weight excluding hydrogens is 186 g/mol. The molecule has 0 saturated carbocycles. The fourth-order valence-corrected chi connectivity index (χ4v) is 2.43. The van der Waals surface area contributed by atoms with Gasteiger partial charge < -0.3 is 9.64 Å². The van der Waals surface area contributed by atoms with E-state index in [0.717, 1.165) is 13.2 Å². The molecule has 0 spiro atoms. The Morgan fingerprint density at radius 1 is 1.40 bits per heavy atom. The second kappa shape index (κ2) is 3.53. The van der Waals surface area contributed by atoms with Crippen molar-refractivity contribution < 1.29 is 4.74 Å². The van der Waals surface area contributed by atoms with Crippen LogP contribution in [0, 0.1) is 0 Å². The van der Waals surface area contributed by atoms with E-state index in [-0.39, 0.29) is 0 Å². The van der Waals surface area contributed by atoms with E-state index in [1.807, 2.05) is 0 Å². The Balaban J connectivity index is 1.89. The summed E-state index contributed by atoms with van der Waals surface area (Å²) in [6.45, 7) is 5.53. The van der Waals surface area contributed by atoms with Crippen LogP contribution in [0.3, 0.4) is 0 Å². The lowest BCUT2D eigenvalue weighted by molar-refractivity contribution is 0.404. The molecule has 2 aliphatic rings. The first-order valence-electron chi connectivity index (χ1n) is 5.80. The van der Waals surface area contributed by atoms with Crippen molar-refractivity contribution in [2.45, 2.75) is 25.4 Å². The highest BCUT2D eigenvalue weighted by Crippen LogP contribution is 2.35. The molecule has 2 aliphatic heterocycles. The zero-order valence-corrected chi connectivity index (χ0v) is 9.15. The van der Waals surface area contributed by atoms with E-state index in [1.54, 1.807) is 0 Å². The van der Waals surface area contributed by atoms with Gasteiger partial charge in [0, 0.05) is 18.8 Å². The number of benzene rings is 1. The average Bonchev–Trinajstić information content (AvgIpc) is 3.07. The van der Waals surface area contributed by atoms with Crippen LogP contribution in [0.5, 0.6) is 0 Å². The fourth-order valence-electron chi connectivity index (χ4n) is 2.43. The van der Waals surface area contributed by atoms with Crippen molar-refractivity contribution in [1.29, 1.82) is 0 Å². The summed E-state index contributed by atoms with van der Waals surface area (Å²) in [7, 11) is 0. The van der Waals surface area contributed by atoms with Gasteiger partial charge in [-0.3, -0.25) is 0 Å². The van der Waals surface area contributed by atoms with E-state index in [9.17, 15) is 0 Å². The molecule has 80 valence electrons. The third-order valence-electron chi connectivity index (χ3n) is 3.47. The Morgan fingerprint density at radius 2 is 2.20 bits per heavy atom. The number of para-hydroxylation sites is 1. The summed E-state index contributed by atoms with van der Waals surface area (Å²) >= 11 is 0. The van der Waals surface area contributed by atoms with Crippen molar-refractivity contribution in [2.75, 3.05) is 24.6 Å². The lowest BCUT2D eigenvalue weighted by Gasteiger charge is -2.34. The lowest BCUT2D eigenvalue weighted by Crippen LogP contribution is -2.33. The molecule has 3 rings (SSSR count). The van der Waals surface area contributed by atoms with Crippen LogP contribution in [0.25, 0.3) is 0 Å².